The maximum Gasteiger partial charge on any atom is 0.262 e. The average Bonchev–Trinajstić information content (AvgIpc) is 3.45. The number of fused-ring (bicyclic) bond motifs is 1. The number of hydrogen-bond donors (Lipinski definition) is 3. The molecule has 2 aromatic carbocycles. The standard InChI is InChI=1S/C44H50ClFN8O6/c1-43(2)41(44(3,4)42(43)60-28-11-9-26(24-47)31(45)21-28)51-37(56)27-10-13-35(49-25-27)53-19-17-52(18-20-53)16-8-6-5-7-15-48-33-23-30-29(22-32(33)46)39(58)54(40(30)59)34-12-14-36(55)50-38(34)57/h9-11,13,21-23,25,34,41-42,48H,5-8,12,14-20H2,1-4H3,(H,51,56)(H,50,55,57). The van der Waals surface area contributed by atoms with E-state index in [9.17, 15) is 33.6 Å². The van der Waals surface area contributed by atoms with Gasteiger partial charge in [0.05, 0.1) is 33.0 Å². The summed E-state index contributed by atoms with van der Waals surface area (Å²) in [6.07, 6.45) is 5.23. The van der Waals surface area contributed by atoms with Gasteiger partial charge in [-0.15, -0.1) is 0 Å². The minimum Gasteiger partial charge on any atom is -0.489 e. The maximum absolute atomic E-state index is 14.9. The summed E-state index contributed by atoms with van der Waals surface area (Å²) in [7, 11) is 0. The fourth-order valence-corrected chi connectivity index (χ4v) is 9.59. The molecule has 2 saturated heterocycles. The van der Waals surface area contributed by atoms with Crippen LogP contribution in [0.2, 0.25) is 5.02 Å². The van der Waals surface area contributed by atoms with Gasteiger partial charge in [-0.2, -0.15) is 5.26 Å². The fourth-order valence-electron chi connectivity index (χ4n) is 9.38. The van der Waals surface area contributed by atoms with Crippen LogP contribution in [0.5, 0.6) is 5.75 Å². The van der Waals surface area contributed by atoms with Crippen molar-refractivity contribution in [3.05, 3.63) is 81.8 Å². The molecule has 60 heavy (non-hydrogen) atoms. The van der Waals surface area contributed by atoms with Crippen molar-refractivity contribution in [2.75, 3.05) is 49.5 Å². The van der Waals surface area contributed by atoms with E-state index in [1.165, 1.54) is 6.07 Å². The summed E-state index contributed by atoms with van der Waals surface area (Å²) in [6, 6.07) is 11.9. The van der Waals surface area contributed by atoms with Gasteiger partial charge in [0.15, 0.2) is 0 Å². The van der Waals surface area contributed by atoms with Gasteiger partial charge in [-0.1, -0.05) is 52.1 Å². The molecule has 14 nitrogen and oxygen atoms in total. The van der Waals surface area contributed by atoms with Gasteiger partial charge >= 0.3 is 0 Å². The molecule has 4 aliphatic rings. The SMILES string of the molecule is CC1(C)C(NC(=O)c2ccc(N3CCN(CCCCCCNc4cc5c(cc4F)C(=O)N(C4CCC(=O)NC4=O)C5=O)CC3)nc2)C(C)(C)C1Oc1ccc(C#N)c(Cl)c1. The van der Waals surface area contributed by atoms with Gasteiger partial charge in [0.1, 0.15) is 35.6 Å². The van der Waals surface area contributed by atoms with Gasteiger partial charge < -0.3 is 20.3 Å². The molecule has 1 aromatic heterocycles. The van der Waals surface area contributed by atoms with Gasteiger partial charge in [-0.25, -0.2) is 9.37 Å². The molecule has 1 aliphatic carbocycles. The molecule has 4 heterocycles. The normalized spacial score (nSPS) is 22.1. The third kappa shape index (κ3) is 8.40. The number of anilines is 2. The topological polar surface area (TPSA) is 177 Å². The molecular formula is C44H50ClFN8O6. The van der Waals surface area contributed by atoms with Gasteiger partial charge in [0.25, 0.3) is 17.7 Å². The number of nitrogens with zero attached hydrogens (tertiary/aromatic N) is 5. The first-order valence-corrected chi connectivity index (χ1v) is 20.9. The number of aromatic nitrogens is 1. The van der Waals surface area contributed by atoms with Crippen molar-refractivity contribution in [3.63, 3.8) is 0 Å². The largest absolute Gasteiger partial charge is 0.489 e. The molecule has 16 heteroatoms. The molecule has 1 saturated carbocycles. The van der Waals surface area contributed by atoms with Crippen LogP contribution in [0.15, 0.2) is 48.7 Å². The van der Waals surface area contributed by atoms with Crippen molar-refractivity contribution in [2.45, 2.75) is 84.4 Å². The number of hydrogen-bond acceptors (Lipinski definition) is 11. The van der Waals surface area contributed by atoms with Crippen molar-refractivity contribution in [3.8, 4) is 11.8 Å². The lowest BCUT2D eigenvalue weighted by atomic mass is 9.49. The molecule has 0 radical (unpaired) electrons. The second-order valence-corrected chi connectivity index (χ2v) is 17.6. The highest BCUT2D eigenvalue weighted by atomic mass is 35.5. The van der Waals surface area contributed by atoms with Crippen LogP contribution in [-0.4, -0.2) is 102 Å². The number of imide groups is 2. The number of nitriles is 1. The number of nitrogens with one attached hydrogen (secondary N) is 3. The molecule has 3 fully saturated rings. The van der Waals surface area contributed by atoms with Gasteiger partial charge in [0.2, 0.25) is 11.8 Å². The summed E-state index contributed by atoms with van der Waals surface area (Å²) >= 11 is 6.23. The predicted octanol–water partition coefficient (Wildman–Crippen LogP) is 5.55. The maximum atomic E-state index is 14.9. The predicted molar refractivity (Wildman–Crippen MR) is 222 cm³/mol. The molecule has 3 aliphatic heterocycles. The Bertz CT molecular complexity index is 2220. The third-order valence-corrected chi connectivity index (χ3v) is 12.7. The number of rotatable bonds is 14. The van der Waals surface area contributed by atoms with Crippen LogP contribution in [0.25, 0.3) is 0 Å². The minimum absolute atomic E-state index is 0.0125. The smallest absolute Gasteiger partial charge is 0.262 e. The van der Waals surface area contributed by atoms with E-state index in [-0.39, 0.29) is 58.5 Å². The molecule has 316 valence electrons. The summed E-state index contributed by atoms with van der Waals surface area (Å²) in [6.45, 7) is 13.2. The van der Waals surface area contributed by atoms with Crippen LogP contribution >= 0.6 is 11.6 Å². The van der Waals surface area contributed by atoms with E-state index in [0.29, 0.717) is 28.4 Å². The first-order valence-electron chi connectivity index (χ1n) is 20.5. The molecular weight excluding hydrogens is 791 g/mol. The summed E-state index contributed by atoms with van der Waals surface area (Å²) in [5.41, 5.74) is 0.196. The Balaban J connectivity index is 0.799. The van der Waals surface area contributed by atoms with Crippen molar-refractivity contribution < 1.29 is 33.1 Å². The number of carbonyl (C=O) groups excluding carboxylic acids is 5. The molecule has 7 rings (SSSR count). The Morgan fingerprint density at radius 1 is 0.967 bits per heavy atom. The summed E-state index contributed by atoms with van der Waals surface area (Å²) in [5.74, 6) is -2.00. The number of piperidine rings is 1. The van der Waals surface area contributed by atoms with Gasteiger partial charge in [-0.3, -0.25) is 39.1 Å². The zero-order chi connectivity index (χ0) is 42.9. The first-order chi connectivity index (χ1) is 28.6. The average molecular weight is 841 g/mol. The van der Waals surface area contributed by atoms with E-state index in [1.54, 1.807) is 24.4 Å². The molecule has 0 bridgehead atoms. The van der Waals surface area contributed by atoms with Crippen molar-refractivity contribution in [1.29, 1.82) is 5.26 Å². The molecule has 5 amide bonds. The van der Waals surface area contributed by atoms with Crippen LogP contribution in [0.1, 0.15) is 103 Å². The monoisotopic (exact) mass is 840 g/mol. The number of pyridine rings is 1. The van der Waals surface area contributed by atoms with Crippen LogP contribution in [0, 0.1) is 28.0 Å². The Hall–Kier alpha value is -5.59. The lowest BCUT2D eigenvalue weighted by Crippen LogP contribution is -2.74. The van der Waals surface area contributed by atoms with Crippen molar-refractivity contribution in [2.24, 2.45) is 10.8 Å². The Kier molecular flexibility index (Phi) is 12.2. The summed E-state index contributed by atoms with van der Waals surface area (Å²) in [5, 5.41) is 18.0. The number of amides is 5. The zero-order valence-electron chi connectivity index (χ0n) is 34.3. The number of halogens is 2. The minimum atomic E-state index is -1.10. The van der Waals surface area contributed by atoms with E-state index in [2.05, 4.69) is 64.5 Å². The van der Waals surface area contributed by atoms with Gasteiger partial charge in [-0.05, 0) is 62.2 Å². The van der Waals surface area contributed by atoms with E-state index in [4.69, 9.17) is 16.3 Å². The number of carbonyl (C=O) groups is 5. The van der Waals surface area contributed by atoms with Crippen LogP contribution in [0.3, 0.4) is 0 Å². The Morgan fingerprint density at radius 3 is 2.32 bits per heavy atom. The zero-order valence-corrected chi connectivity index (χ0v) is 35.0. The molecule has 0 spiro atoms. The van der Waals surface area contributed by atoms with E-state index < -0.39 is 35.5 Å². The number of ether oxygens (including phenoxy) is 1. The summed E-state index contributed by atoms with van der Waals surface area (Å²) < 4.78 is 21.3. The van der Waals surface area contributed by atoms with Crippen LogP contribution < -0.4 is 25.6 Å². The number of benzene rings is 2. The van der Waals surface area contributed by atoms with Crippen molar-refractivity contribution in [1.82, 2.24) is 25.4 Å². The van der Waals surface area contributed by atoms with Crippen LogP contribution in [-0.2, 0) is 9.59 Å². The lowest BCUT2D eigenvalue weighted by Gasteiger charge is -2.63. The van der Waals surface area contributed by atoms with Crippen LogP contribution in [0.4, 0.5) is 15.9 Å². The number of piperazine rings is 1. The molecule has 1 unspecified atom stereocenters. The highest BCUT2D eigenvalue weighted by Crippen LogP contribution is 2.55. The van der Waals surface area contributed by atoms with E-state index >= 15 is 0 Å². The third-order valence-electron chi connectivity index (χ3n) is 12.4. The highest BCUT2D eigenvalue weighted by Gasteiger charge is 2.64. The summed E-state index contributed by atoms with van der Waals surface area (Å²) in [4.78, 5) is 73.4. The van der Waals surface area contributed by atoms with Gasteiger partial charge in [0, 0.05) is 68.3 Å². The molecule has 1 atom stereocenters. The highest BCUT2D eigenvalue weighted by molar-refractivity contribution is 6.31. The molecule has 3 aromatic rings. The fraction of sp³-hybridized carbons (Fsp3) is 0.477. The second kappa shape index (κ2) is 17.2. The lowest BCUT2D eigenvalue weighted by molar-refractivity contribution is -0.164. The Morgan fingerprint density at radius 2 is 1.67 bits per heavy atom. The van der Waals surface area contributed by atoms with Crippen molar-refractivity contribution >= 4 is 52.6 Å². The Labute approximate surface area is 353 Å². The second-order valence-electron chi connectivity index (χ2n) is 17.2. The quantitative estimate of drug-likeness (QED) is 0.137. The van der Waals surface area contributed by atoms with E-state index in [1.807, 2.05) is 12.1 Å². The van der Waals surface area contributed by atoms with E-state index in [0.717, 1.165) is 75.2 Å². The number of unbranched alkanes of at least 4 members (excludes halogenated alkanes) is 3. The molecule has 3 N–H and O–H groups in total. The first kappa shape index (κ1) is 42.5.